The number of benzene rings is 2. The summed E-state index contributed by atoms with van der Waals surface area (Å²) in [6.07, 6.45) is 2.88. The molecule has 0 saturated carbocycles. The van der Waals surface area contributed by atoms with Crippen LogP contribution in [0, 0.1) is 11.8 Å². The van der Waals surface area contributed by atoms with Gasteiger partial charge < -0.3 is 9.47 Å². The van der Waals surface area contributed by atoms with Crippen LogP contribution >= 0.6 is 23.2 Å². The molecular weight excluding hydrogens is 395 g/mol. The third-order valence-electron chi connectivity index (χ3n) is 3.81. The lowest BCUT2D eigenvalue weighted by molar-refractivity contribution is -0.150. The molecule has 0 radical (unpaired) electrons. The van der Waals surface area contributed by atoms with E-state index in [1.54, 1.807) is 13.0 Å². The van der Waals surface area contributed by atoms with Gasteiger partial charge in [-0.25, -0.2) is 0 Å². The first kappa shape index (κ1) is 24.1. The minimum Gasteiger partial charge on any atom is -0.461 e. The minimum atomic E-state index is -0.337. The van der Waals surface area contributed by atoms with Crippen LogP contribution in [-0.4, -0.2) is 5.97 Å². The van der Waals surface area contributed by atoms with Gasteiger partial charge in [0.05, 0.1) is 5.92 Å². The van der Waals surface area contributed by atoms with Crippen molar-refractivity contribution in [1.82, 2.24) is 0 Å². The first-order chi connectivity index (χ1) is 13.4. The van der Waals surface area contributed by atoms with Crippen LogP contribution in [0.25, 0.3) is 0 Å². The highest BCUT2D eigenvalue weighted by Crippen LogP contribution is 2.23. The van der Waals surface area contributed by atoms with Crippen LogP contribution in [-0.2, 0) is 16.1 Å². The molecule has 2 unspecified atom stereocenters. The number of esters is 1. The summed E-state index contributed by atoms with van der Waals surface area (Å²) in [5, 5.41) is 0. The van der Waals surface area contributed by atoms with Gasteiger partial charge in [-0.2, -0.15) is 0 Å². The van der Waals surface area contributed by atoms with Gasteiger partial charge in [0.15, 0.2) is 0 Å². The summed E-state index contributed by atoms with van der Waals surface area (Å²) < 4.78 is 11.3. The Morgan fingerprint density at radius 3 is 2.21 bits per heavy atom. The van der Waals surface area contributed by atoms with Gasteiger partial charge in [0, 0.05) is 0 Å². The number of allylic oxidation sites excluding steroid dienone is 1. The Morgan fingerprint density at radius 1 is 1.00 bits per heavy atom. The zero-order valence-electron chi connectivity index (χ0n) is 16.8. The summed E-state index contributed by atoms with van der Waals surface area (Å²) in [5.41, 5.74) is 0.854. The number of halogens is 2. The Morgan fingerprint density at radius 2 is 1.61 bits per heavy atom. The molecule has 0 aromatic heterocycles. The molecule has 2 atom stereocenters. The van der Waals surface area contributed by atoms with Crippen LogP contribution < -0.4 is 4.74 Å². The van der Waals surface area contributed by atoms with E-state index in [-0.39, 0.29) is 28.9 Å². The molecule has 0 heterocycles. The van der Waals surface area contributed by atoms with E-state index >= 15 is 0 Å². The van der Waals surface area contributed by atoms with Crippen LogP contribution in [0.2, 0.25) is 0 Å². The summed E-state index contributed by atoms with van der Waals surface area (Å²) in [5.74, 6) is 0.705. The van der Waals surface area contributed by atoms with Crippen molar-refractivity contribution in [3.63, 3.8) is 0 Å². The molecule has 2 rings (SSSR count). The Balaban J connectivity index is 0.00000122. The van der Waals surface area contributed by atoms with Crippen molar-refractivity contribution in [3.05, 3.63) is 70.7 Å². The molecule has 0 aliphatic rings. The topological polar surface area (TPSA) is 35.5 Å². The van der Waals surface area contributed by atoms with Crippen molar-refractivity contribution in [2.75, 3.05) is 0 Å². The largest absolute Gasteiger partial charge is 0.461 e. The maximum atomic E-state index is 12.1. The maximum Gasteiger partial charge on any atom is 0.309 e. The van der Waals surface area contributed by atoms with Gasteiger partial charge in [-0.05, 0) is 35.7 Å². The number of hydrogen-bond donors (Lipinski definition) is 0. The Labute approximate surface area is 178 Å². The molecule has 152 valence electrons. The molecule has 0 aliphatic carbocycles. The second-order valence-corrected chi connectivity index (χ2v) is 7.49. The molecule has 28 heavy (non-hydrogen) atoms. The highest BCUT2D eigenvalue weighted by Gasteiger charge is 2.20. The molecule has 3 nitrogen and oxygen atoms in total. The number of hydrogen-bond acceptors (Lipinski definition) is 3. The molecule has 2 aromatic rings. The molecule has 0 aliphatic heterocycles. The lowest BCUT2D eigenvalue weighted by Crippen LogP contribution is -2.20. The van der Waals surface area contributed by atoms with Crippen LogP contribution in [0.5, 0.6) is 11.5 Å². The fraction of sp³-hybridized carbons (Fsp3) is 0.348. The normalized spacial score (nSPS) is 12.1. The van der Waals surface area contributed by atoms with Crippen molar-refractivity contribution < 1.29 is 14.3 Å². The van der Waals surface area contributed by atoms with Crippen molar-refractivity contribution in [3.8, 4) is 11.5 Å². The quantitative estimate of drug-likeness (QED) is 0.432. The van der Waals surface area contributed by atoms with Gasteiger partial charge in [-0.1, -0.05) is 93.7 Å². The lowest BCUT2D eigenvalue weighted by atomic mass is 9.96. The maximum absolute atomic E-state index is 12.1. The number of carbonyl (C=O) groups excluding carboxylic acids is 1. The number of rotatable bonds is 7. The highest BCUT2D eigenvalue weighted by atomic mass is 35.5. The standard InChI is InChI=1S/C20H20Cl2O3.C3H8/c1-14(11-19(21)22)15(2)20(23)24-13-16-7-6-10-18(12-16)25-17-8-4-3-5-9-17;1-3-2/h3-12,14-15H,13H2,1-2H3;3H2,1-2H3. The van der Waals surface area contributed by atoms with E-state index in [2.05, 4.69) is 13.8 Å². The fourth-order valence-electron chi connectivity index (χ4n) is 2.17. The van der Waals surface area contributed by atoms with E-state index in [1.807, 2.05) is 61.5 Å². The summed E-state index contributed by atoms with van der Waals surface area (Å²) in [7, 11) is 0. The Bertz CT molecular complexity index is 741. The fourth-order valence-corrected chi connectivity index (χ4v) is 2.56. The molecule has 0 saturated heterocycles. The summed E-state index contributed by atoms with van der Waals surface area (Å²) in [6, 6.07) is 17.0. The predicted octanol–water partition coefficient (Wildman–Crippen LogP) is 7.53. The highest BCUT2D eigenvalue weighted by molar-refractivity contribution is 6.55. The monoisotopic (exact) mass is 422 g/mol. The van der Waals surface area contributed by atoms with Gasteiger partial charge in [0.1, 0.15) is 22.6 Å². The van der Waals surface area contributed by atoms with Crippen LogP contribution in [0.1, 0.15) is 39.7 Å². The van der Waals surface area contributed by atoms with E-state index in [4.69, 9.17) is 32.7 Å². The van der Waals surface area contributed by atoms with Gasteiger partial charge in [-0.3, -0.25) is 4.79 Å². The SMILES string of the molecule is CC(C=C(Cl)Cl)C(C)C(=O)OCc1cccc(Oc2ccccc2)c1.CCC. The van der Waals surface area contributed by atoms with Crippen molar-refractivity contribution in [2.24, 2.45) is 11.8 Å². The lowest BCUT2D eigenvalue weighted by Gasteiger charge is -2.16. The second kappa shape index (κ2) is 13.2. The summed E-state index contributed by atoms with van der Waals surface area (Å²) in [4.78, 5) is 12.1. The summed E-state index contributed by atoms with van der Waals surface area (Å²) >= 11 is 11.3. The molecule has 5 heteroatoms. The third-order valence-corrected chi connectivity index (χ3v) is 4.06. The number of carbonyl (C=O) groups is 1. The molecule has 0 bridgehead atoms. The van der Waals surface area contributed by atoms with Crippen LogP contribution in [0.15, 0.2) is 65.2 Å². The number of para-hydroxylation sites is 1. The van der Waals surface area contributed by atoms with Crippen molar-refractivity contribution in [1.29, 1.82) is 0 Å². The van der Waals surface area contributed by atoms with Crippen molar-refractivity contribution >= 4 is 29.2 Å². The zero-order valence-corrected chi connectivity index (χ0v) is 18.3. The molecule has 0 amide bonds. The van der Waals surface area contributed by atoms with Crippen LogP contribution in [0.3, 0.4) is 0 Å². The molecule has 0 spiro atoms. The summed E-state index contributed by atoms with van der Waals surface area (Å²) in [6.45, 7) is 8.08. The van der Waals surface area contributed by atoms with E-state index in [0.717, 1.165) is 11.3 Å². The zero-order chi connectivity index (χ0) is 20.9. The molecule has 0 N–H and O–H groups in total. The second-order valence-electron chi connectivity index (χ2n) is 6.48. The van der Waals surface area contributed by atoms with Crippen LogP contribution in [0.4, 0.5) is 0 Å². The van der Waals surface area contributed by atoms with Crippen molar-refractivity contribution in [2.45, 2.75) is 40.7 Å². The van der Waals surface area contributed by atoms with Gasteiger partial charge in [0.2, 0.25) is 0 Å². The minimum absolute atomic E-state index is 0.106. The third kappa shape index (κ3) is 9.29. The van der Waals surface area contributed by atoms with E-state index in [1.165, 1.54) is 6.42 Å². The smallest absolute Gasteiger partial charge is 0.309 e. The average Bonchev–Trinajstić information content (AvgIpc) is 2.66. The van der Waals surface area contributed by atoms with E-state index in [9.17, 15) is 4.79 Å². The average molecular weight is 423 g/mol. The van der Waals surface area contributed by atoms with Gasteiger partial charge in [0.25, 0.3) is 0 Å². The Hall–Kier alpha value is -1.97. The predicted molar refractivity (Wildman–Crippen MR) is 117 cm³/mol. The van der Waals surface area contributed by atoms with Gasteiger partial charge >= 0.3 is 5.97 Å². The van der Waals surface area contributed by atoms with Gasteiger partial charge in [-0.15, -0.1) is 0 Å². The number of ether oxygens (including phenoxy) is 2. The first-order valence-electron chi connectivity index (χ1n) is 9.38. The molecule has 2 aromatic carbocycles. The Kier molecular flexibility index (Phi) is 11.4. The molecule has 0 fully saturated rings. The molecular formula is C23H28Cl2O3. The first-order valence-corrected chi connectivity index (χ1v) is 10.1. The van der Waals surface area contributed by atoms with E-state index < -0.39 is 0 Å². The van der Waals surface area contributed by atoms with E-state index in [0.29, 0.717) is 5.75 Å².